The van der Waals surface area contributed by atoms with E-state index in [9.17, 15) is 9.59 Å². The molecular weight excluding hydrogens is 392 g/mol. The van der Waals surface area contributed by atoms with Crippen molar-refractivity contribution >= 4 is 5.91 Å². The molecule has 0 spiro atoms. The lowest BCUT2D eigenvalue weighted by Gasteiger charge is -2.39. The minimum Gasteiger partial charge on any atom is -0.497 e. The Bertz CT molecular complexity index is 1130. The second-order valence-electron chi connectivity index (χ2n) is 7.80. The molecule has 4 rings (SSSR count). The van der Waals surface area contributed by atoms with Crippen molar-refractivity contribution in [2.75, 3.05) is 20.2 Å². The molecule has 0 radical (unpaired) electrons. The van der Waals surface area contributed by atoms with Crippen LogP contribution >= 0.6 is 0 Å². The van der Waals surface area contributed by atoms with Gasteiger partial charge >= 0.3 is 0 Å². The first-order valence-corrected chi connectivity index (χ1v) is 10.3. The van der Waals surface area contributed by atoms with Crippen LogP contribution in [0.4, 0.5) is 0 Å². The summed E-state index contributed by atoms with van der Waals surface area (Å²) in [5.41, 5.74) is 1.66. The van der Waals surface area contributed by atoms with E-state index in [1.165, 1.54) is 0 Å². The molecule has 1 amide bonds. The van der Waals surface area contributed by atoms with Crippen LogP contribution < -0.4 is 15.0 Å². The number of aryl methyl sites for hydroxylation is 1. The highest BCUT2D eigenvalue weighted by atomic mass is 16.5. The number of rotatable bonds is 6. The zero-order valence-electron chi connectivity index (χ0n) is 17.9. The summed E-state index contributed by atoms with van der Waals surface area (Å²) in [6.45, 7) is 4.65. The Morgan fingerprint density at radius 1 is 1.03 bits per heavy atom. The Labute approximate surface area is 181 Å². The zero-order valence-corrected chi connectivity index (χ0v) is 17.9. The van der Waals surface area contributed by atoms with Crippen molar-refractivity contribution in [2.45, 2.75) is 26.0 Å². The van der Waals surface area contributed by atoms with Crippen LogP contribution in [0.15, 0.2) is 71.7 Å². The van der Waals surface area contributed by atoms with Crippen molar-refractivity contribution in [3.05, 3.63) is 93.9 Å². The number of benzene rings is 2. The highest BCUT2D eigenvalue weighted by Crippen LogP contribution is 2.24. The lowest BCUT2D eigenvalue weighted by atomic mass is 10.0. The Kier molecular flexibility index (Phi) is 5.80. The quantitative estimate of drug-likeness (QED) is 0.613. The second kappa shape index (κ2) is 8.68. The molecule has 0 bridgehead atoms. The van der Waals surface area contributed by atoms with E-state index in [-0.39, 0.29) is 29.2 Å². The normalized spacial score (nSPS) is 14.6. The van der Waals surface area contributed by atoms with Gasteiger partial charge in [0.15, 0.2) is 0 Å². The minimum absolute atomic E-state index is 0.106. The van der Waals surface area contributed by atoms with Crippen LogP contribution in [0.25, 0.3) is 0 Å². The largest absolute Gasteiger partial charge is 0.497 e. The van der Waals surface area contributed by atoms with Crippen LogP contribution in [0.1, 0.15) is 34.5 Å². The third-order valence-electron chi connectivity index (χ3n) is 5.72. The number of pyridine rings is 1. The van der Waals surface area contributed by atoms with Crippen LogP contribution in [-0.2, 0) is 0 Å². The van der Waals surface area contributed by atoms with Gasteiger partial charge in [-0.3, -0.25) is 9.59 Å². The average molecular weight is 418 g/mol. The predicted molar refractivity (Wildman–Crippen MR) is 119 cm³/mol. The molecule has 2 aromatic carbocycles. The first kappa shape index (κ1) is 20.7. The van der Waals surface area contributed by atoms with Gasteiger partial charge < -0.3 is 18.9 Å². The van der Waals surface area contributed by atoms with Gasteiger partial charge in [-0.15, -0.1) is 0 Å². The number of amides is 1. The number of ether oxygens (including phenoxy) is 2. The maximum absolute atomic E-state index is 13.2. The monoisotopic (exact) mass is 418 g/mol. The van der Waals surface area contributed by atoms with Gasteiger partial charge in [0.25, 0.3) is 11.5 Å². The van der Waals surface area contributed by atoms with E-state index in [4.69, 9.17) is 9.47 Å². The van der Waals surface area contributed by atoms with Gasteiger partial charge in [-0.2, -0.15) is 0 Å². The molecule has 0 saturated carbocycles. The third kappa shape index (κ3) is 4.19. The molecule has 6 nitrogen and oxygen atoms in total. The smallest absolute Gasteiger partial charge is 0.264 e. The average Bonchev–Trinajstić information content (AvgIpc) is 2.76. The fraction of sp³-hybridized carbons (Fsp3) is 0.280. The highest BCUT2D eigenvalue weighted by Gasteiger charge is 2.35. The van der Waals surface area contributed by atoms with Gasteiger partial charge in [-0.1, -0.05) is 36.4 Å². The molecule has 1 aliphatic heterocycles. The van der Waals surface area contributed by atoms with Crippen molar-refractivity contribution in [3.8, 4) is 11.5 Å². The number of carbonyl (C=O) groups is 1. The molecule has 1 saturated heterocycles. The van der Waals surface area contributed by atoms with Crippen molar-refractivity contribution in [1.82, 2.24) is 9.47 Å². The number of aromatic nitrogens is 1. The van der Waals surface area contributed by atoms with Gasteiger partial charge in [0.05, 0.1) is 26.2 Å². The maximum atomic E-state index is 13.2. The Hall–Kier alpha value is -3.54. The maximum Gasteiger partial charge on any atom is 0.264 e. The van der Waals surface area contributed by atoms with E-state index in [1.807, 2.05) is 67.6 Å². The van der Waals surface area contributed by atoms with Crippen molar-refractivity contribution in [3.63, 3.8) is 0 Å². The molecule has 3 aromatic rings. The van der Waals surface area contributed by atoms with Gasteiger partial charge in [0.2, 0.25) is 0 Å². The fourth-order valence-corrected chi connectivity index (χ4v) is 3.80. The molecule has 1 fully saturated rings. The molecule has 2 heterocycles. The van der Waals surface area contributed by atoms with Crippen LogP contribution in [0.2, 0.25) is 0 Å². The van der Waals surface area contributed by atoms with Crippen molar-refractivity contribution in [2.24, 2.45) is 0 Å². The van der Waals surface area contributed by atoms with Gasteiger partial charge in [-0.05, 0) is 43.2 Å². The number of likely N-dealkylation sites (tertiary alicyclic amines) is 1. The summed E-state index contributed by atoms with van der Waals surface area (Å²) >= 11 is 0. The Morgan fingerprint density at radius 2 is 1.74 bits per heavy atom. The minimum atomic E-state index is -0.265. The number of nitrogens with zero attached hydrogens (tertiary/aromatic N) is 2. The standard InChI is InChI=1S/C25H26N2O4/c1-17-12-13-27(18(2)19-8-5-4-6-9-19)25(29)23(17)24(28)26-15-22(16-26)31-21-11-7-10-20(14-21)30-3/h4-14,18,22H,15-16H2,1-3H3. The summed E-state index contributed by atoms with van der Waals surface area (Å²) in [5, 5.41) is 0. The molecule has 1 aliphatic rings. The molecule has 6 heteroatoms. The third-order valence-corrected chi connectivity index (χ3v) is 5.72. The van der Waals surface area contributed by atoms with Crippen LogP contribution in [0, 0.1) is 6.92 Å². The summed E-state index contributed by atoms with van der Waals surface area (Å²) in [4.78, 5) is 28.0. The van der Waals surface area contributed by atoms with E-state index < -0.39 is 0 Å². The fourth-order valence-electron chi connectivity index (χ4n) is 3.80. The second-order valence-corrected chi connectivity index (χ2v) is 7.80. The number of hydrogen-bond acceptors (Lipinski definition) is 4. The lowest BCUT2D eigenvalue weighted by Crippen LogP contribution is -2.57. The summed E-state index contributed by atoms with van der Waals surface area (Å²) in [6.07, 6.45) is 1.65. The summed E-state index contributed by atoms with van der Waals surface area (Å²) in [7, 11) is 1.61. The predicted octanol–water partition coefficient (Wildman–Crippen LogP) is 3.68. The Balaban J connectivity index is 1.48. The molecule has 0 aliphatic carbocycles. The topological polar surface area (TPSA) is 60.8 Å². The first-order valence-electron chi connectivity index (χ1n) is 10.3. The van der Waals surface area contributed by atoms with Crippen LogP contribution in [0.3, 0.4) is 0 Å². The van der Waals surface area contributed by atoms with E-state index in [0.717, 1.165) is 11.3 Å². The molecule has 160 valence electrons. The van der Waals surface area contributed by atoms with Crippen LogP contribution in [-0.4, -0.2) is 41.7 Å². The number of carbonyl (C=O) groups excluding carboxylic acids is 1. The first-order chi connectivity index (χ1) is 15.0. The highest BCUT2D eigenvalue weighted by molar-refractivity contribution is 5.95. The van der Waals surface area contributed by atoms with E-state index in [1.54, 1.807) is 29.7 Å². The van der Waals surface area contributed by atoms with Crippen molar-refractivity contribution in [1.29, 1.82) is 0 Å². The van der Waals surface area contributed by atoms with Gasteiger partial charge in [0.1, 0.15) is 23.2 Å². The van der Waals surface area contributed by atoms with E-state index in [2.05, 4.69) is 0 Å². The van der Waals surface area contributed by atoms with E-state index >= 15 is 0 Å². The molecule has 1 atom stereocenters. The van der Waals surface area contributed by atoms with E-state index in [0.29, 0.717) is 24.4 Å². The molecule has 1 unspecified atom stereocenters. The SMILES string of the molecule is COc1cccc(OC2CN(C(=O)c3c(C)ccn(C(C)c4ccccc4)c3=O)C2)c1. The number of hydrogen-bond donors (Lipinski definition) is 0. The number of methoxy groups -OCH3 is 1. The summed E-state index contributed by atoms with van der Waals surface area (Å²) < 4.78 is 12.8. The van der Waals surface area contributed by atoms with Gasteiger partial charge in [0, 0.05) is 12.3 Å². The molecule has 31 heavy (non-hydrogen) atoms. The molecule has 1 aromatic heterocycles. The summed E-state index contributed by atoms with van der Waals surface area (Å²) in [6, 6.07) is 18.8. The lowest BCUT2D eigenvalue weighted by molar-refractivity contribution is 0.0174. The van der Waals surface area contributed by atoms with Gasteiger partial charge in [-0.25, -0.2) is 0 Å². The zero-order chi connectivity index (χ0) is 22.0. The van der Waals surface area contributed by atoms with Crippen molar-refractivity contribution < 1.29 is 14.3 Å². The summed E-state index contributed by atoms with van der Waals surface area (Å²) in [5.74, 6) is 1.17. The molecule has 0 N–H and O–H groups in total. The Morgan fingerprint density at radius 3 is 2.45 bits per heavy atom. The van der Waals surface area contributed by atoms with Crippen LogP contribution in [0.5, 0.6) is 11.5 Å². The molecular formula is C25H26N2O4.